The molecule has 1 saturated heterocycles. The first-order valence-electron chi connectivity index (χ1n) is 4.23. The number of piperidine rings is 1. The van der Waals surface area contributed by atoms with E-state index in [0.717, 1.165) is 25.9 Å². The molecule has 1 heterocycles. The molecule has 60 valence electrons. The Bertz CT molecular complexity index is 93.3. The molecule has 1 aliphatic rings. The maximum Gasteiger partial charge on any atom is 0.0592 e. The van der Waals surface area contributed by atoms with Crippen LogP contribution in [0.4, 0.5) is 0 Å². The van der Waals surface area contributed by atoms with Crippen LogP contribution in [0.2, 0.25) is 0 Å². The fourth-order valence-corrected chi connectivity index (χ4v) is 1.57. The Kier molecular flexibility index (Phi) is 3.16. The van der Waals surface area contributed by atoms with Gasteiger partial charge in [0.1, 0.15) is 0 Å². The molecule has 2 atom stereocenters. The fraction of sp³-hybridized carbons (Fsp3) is 1.00. The molecule has 2 nitrogen and oxygen atoms in total. The zero-order valence-corrected chi connectivity index (χ0v) is 6.64. The second-order valence-electron chi connectivity index (χ2n) is 3.11. The maximum atomic E-state index is 9.46. The van der Waals surface area contributed by atoms with Crippen LogP contribution in [0.25, 0.3) is 0 Å². The van der Waals surface area contributed by atoms with Gasteiger partial charge >= 0.3 is 0 Å². The molecule has 0 spiro atoms. The first kappa shape index (κ1) is 8.02. The number of hydrogen-bond donors (Lipinski definition) is 2. The van der Waals surface area contributed by atoms with E-state index < -0.39 is 0 Å². The van der Waals surface area contributed by atoms with Crippen molar-refractivity contribution < 1.29 is 5.11 Å². The van der Waals surface area contributed by atoms with Crippen LogP contribution in [0.15, 0.2) is 0 Å². The lowest BCUT2D eigenvalue weighted by atomic mass is 9.92. The third-order valence-corrected chi connectivity index (χ3v) is 2.23. The minimum atomic E-state index is -0.0406. The molecule has 0 aliphatic carbocycles. The molecule has 0 aromatic carbocycles. The maximum absolute atomic E-state index is 9.46. The van der Waals surface area contributed by atoms with Crippen molar-refractivity contribution >= 4 is 0 Å². The largest absolute Gasteiger partial charge is 0.393 e. The monoisotopic (exact) mass is 143 g/mol. The van der Waals surface area contributed by atoms with Gasteiger partial charge in [0.25, 0.3) is 0 Å². The average Bonchev–Trinajstić information content (AvgIpc) is 1.94. The van der Waals surface area contributed by atoms with Crippen molar-refractivity contribution in [3.63, 3.8) is 0 Å². The van der Waals surface area contributed by atoms with E-state index >= 15 is 0 Å². The van der Waals surface area contributed by atoms with E-state index in [1.165, 1.54) is 6.42 Å². The van der Waals surface area contributed by atoms with Crippen LogP contribution >= 0.6 is 0 Å². The highest BCUT2D eigenvalue weighted by Crippen LogP contribution is 2.15. The van der Waals surface area contributed by atoms with Crippen molar-refractivity contribution in [2.75, 3.05) is 13.1 Å². The van der Waals surface area contributed by atoms with Gasteiger partial charge in [-0.2, -0.15) is 0 Å². The Morgan fingerprint density at radius 2 is 2.40 bits per heavy atom. The molecule has 0 amide bonds. The van der Waals surface area contributed by atoms with E-state index in [-0.39, 0.29) is 6.10 Å². The number of rotatable bonds is 2. The molecular weight excluding hydrogens is 126 g/mol. The summed E-state index contributed by atoms with van der Waals surface area (Å²) >= 11 is 0. The number of aliphatic hydroxyl groups is 1. The van der Waals surface area contributed by atoms with Crippen molar-refractivity contribution in [3.8, 4) is 0 Å². The average molecular weight is 143 g/mol. The zero-order chi connectivity index (χ0) is 7.40. The number of nitrogens with one attached hydrogen (secondary N) is 1. The SMILES string of the molecule is CCCC1CNCCC1O. The molecule has 0 bridgehead atoms. The summed E-state index contributed by atoms with van der Waals surface area (Å²) < 4.78 is 0. The molecular formula is C8H17NO. The van der Waals surface area contributed by atoms with Gasteiger partial charge in [0.2, 0.25) is 0 Å². The number of hydrogen-bond acceptors (Lipinski definition) is 2. The minimum Gasteiger partial charge on any atom is -0.393 e. The van der Waals surface area contributed by atoms with Gasteiger partial charge in [-0.25, -0.2) is 0 Å². The quantitative estimate of drug-likeness (QED) is 0.598. The zero-order valence-electron chi connectivity index (χ0n) is 6.64. The van der Waals surface area contributed by atoms with Gasteiger partial charge in [-0.3, -0.25) is 0 Å². The minimum absolute atomic E-state index is 0.0406. The second-order valence-corrected chi connectivity index (χ2v) is 3.11. The van der Waals surface area contributed by atoms with E-state index in [4.69, 9.17) is 0 Å². The van der Waals surface area contributed by atoms with Gasteiger partial charge in [-0.15, -0.1) is 0 Å². The highest BCUT2D eigenvalue weighted by Gasteiger charge is 2.20. The molecule has 0 saturated carbocycles. The molecule has 1 aliphatic heterocycles. The lowest BCUT2D eigenvalue weighted by Gasteiger charge is -2.27. The standard InChI is InChI=1S/C8H17NO/c1-2-3-7-6-9-5-4-8(7)10/h7-10H,2-6H2,1H3. The molecule has 1 fully saturated rings. The van der Waals surface area contributed by atoms with Gasteiger partial charge in [-0.05, 0) is 25.3 Å². The molecule has 0 radical (unpaired) electrons. The third-order valence-electron chi connectivity index (χ3n) is 2.23. The topological polar surface area (TPSA) is 32.3 Å². The van der Waals surface area contributed by atoms with Crippen LogP contribution in [0.3, 0.4) is 0 Å². The van der Waals surface area contributed by atoms with Crippen molar-refractivity contribution in [1.82, 2.24) is 5.32 Å². The normalized spacial score (nSPS) is 34.2. The summed E-state index contributed by atoms with van der Waals surface area (Å²) in [6, 6.07) is 0. The summed E-state index contributed by atoms with van der Waals surface area (Å²) in [7, 11) is 0. The van der Waals surface area contributed by atoms with E-state index in [1.54, 1.807) is 0 Å². The molecule has 1 rings (SSSR count). The van der Waals surface area contributed by atoms with Gasteiger partial charge < -0.3 is 10.4 Å². The van der Waals surface area contributed by atoms with E-state index in [1.807, 2.05) is 0 Å². The van der Waals surface area contributed by atoms with E-state index in [9.17, 15) is 5.11 Å². The highest BCUT2D eigenvalue weighted by molar-refractivity contribution is 4.76. The Hall–Kier alpha value is -0.0800. The van der Waals surface area contributed by atoms with Crippen LogP contribution in [0.5, 0.6) is 0 Å². The Labute approximate surface area is 62.6 Å². The second kappa shape index (κ2) is 3.94. The lowest BCUT2D eigenvalue weighted by Crippen LogP contribution is -2.39. The van der Waals surface area contributed by atoms with Gasteiger partial charge in [-0.1, -0.05) is 13.3 Å². The van der Waals surface area contributed by atoms with Crippen LogP contribution in [0.1, 0.15) is 26.2 Å². The van der Waals surface area contributed by atoms with Crippen molar-refractivity contribution in [2.24, 2.45) is 5.92 Å². The van der Waals surface area contributed by atoms with E-state index in [2.05, 4.69) is 12.2 Å². The van der Waals surface area contributed by atoms with Gasteiger partial charge in [0, 0.05) is 6.54 Å². The summed E-state index contributed by atoms with van der Waals surface area (Å²) in [5.41, 5.74) is 0. The Morgan fingerprint density at radius 1 is 1.60 bits per heavy atom. The van der Waals surface area contributed by atoms with Crippen molar-refractivity contribution in [1.29, 1.82) is 0 Å². The van der Waals surface area contributed by atoms with Crippen LogP contribution < -0.4 is 5.32 Å². The molecule has 2 unspecified atom stereocenters. The van der Waals surface area contributed by atoms with Crippen LogP contribution in [0, 0.1) is 5.92 Å². The predicted octanol–water partition coefficient (Wildman–Crippen LogP) is 0.757. The highest BCUT2D eigenvalue weighted by atomic mass is 16.3. The summed E-state index contributed by atoms with van der Waals surface area (Å²) in [6.45, 7) is 4.16. The molecule has 2 N–H and O–H groups in total. The van der Waals surface area contributed by atoms with Gasteiger partial charge in [0.05, 0.1) is 6.10 Å². The first-order chi connectivity index (χ1) is 4.84. The smallest absolute Gasteiger partial charge is 0.0592 e. The Morgan fingerprint density at radius 3 is 3.00 bits per heavy atom. The lowest BCUT2D eigenvalue weighted by molar-refractivity contribution is 0.0741. The number of aliphatic hydroxyl groups excluding tert-OH is 1. The summed E-state index contributed by atoms with van der Waals surface area (Å²) in [5, 5.41) is 12.8. The van der Waals surface area contributed by atoms with E-state index in [0.29, 0.717) is 5.92 Å². The fourth-order valence-electron chi connectivity index (χ4n) is 1.57. The molecule has 10 heavy (non-hydrogen) atoms. The summed E-state index contributed by atoms with van der Waals surface area (Å²) in [4.78, 5) is 0. The summed E-state index contributed by atoms with van der Waals surface area (Å²) in [5.74, 6) is 0.513. The first-order valence-corrected chi connectivity index (χ1v) is 4.23. The van der Waals surface area contributed by atoms with Crippen LogP contribution in [-0.2, 0) is 0 Å². The van der Waals surface area contributed by atoms with Crippen molar-refractivity contribution in [3.05, 3.63) is 0 Å². The molecule has 0 aromatic rings. The summed E-state index contributed by atoms with van der Waals surface area (Å²) in [6.07, 6.45) is 3.24. The van der Waals surface area contributed by atoms with Crippen LogP contribution in [-0.4, -0.2) is 24.3 Å². The van der Waals surface area contributed by atoms with Crippen molar-refractivity contribution in [2.45, 2.75) is 32.3 Å². The Balaban J connectivity index is 2.25. The predicted molar refractivity (Wildman–Crippen MR) is 41.9 cm³/mol. The van der Waals surface area contributed by atoms with Gasteiger partial charge in [0.15, 0.2) is 0 Å². The molecule has 2 heteroatoms. The molecule has 0 aromatic heterocycles. The third kappa shape index (κ3) is 1.96.